The van der Waals surface area contributed by atoms with Gasteiger partial charge in [0.1, 0.15) is 0 Å². The second-order valence-corrected chi connectivity index (χ2v) is 3.90. The fourth-order valence-electron chi connectivity index (χ4n) is 1.62. The normalized spacial score (nSPS) is 10.1. The highest BCUT2D eigenvalue weighted by atomic mass is 35.5. The van der Waals surface area contributed by atoms with Crippen molar-refractivity contribution < 1.29 is 4.79 Å². The molecule has 0 saturated carbocycles. The summed E-state index contributed by atoms with van der Waals surface area (Å²) in [7, 11) is 0. The summed E-state index contributed by atoms with van der Waals surface area (Å²) in [6, 6.07) is 7.32. The van der Waals surface area contributed by atoms with Crippen molar-refractivity contribution in [2.24, 2.45) is 0 Å². The standard InChI is InChI=1S/C13H10ClNO/c1-9-7-15-6-5-11(9)12-4-2-3-10(8-16)13(12)14/h2-8H,1H3. The predicted octanol–water partition coefficient (Wildman–Crippen LogP) is 3.52. The largest absolute Gasteiger partial charge is 0.298 e. The van der Waals surface area contributed by atoms with Crippen LogP contribution < -0.4 is 0 Å². The van der Waals surface area contributed by atoms with Crippen LogP contribution in [0.15, 0.2) is 36.7 Å². The van der Waals surface area contributed by atoms with Gasteiger partial charge in [-0.05, 0) is 24.1 Å². The zero-order valence-corrected chi connectivity index (χ0v) is 9.53. The number of carbonyl (C=O) groups excluding carboxylic acids is 1. The van der Waals surface area contributed by atoms with Gasteiger partial charge in [0.2, 0.25) is 0 Å². The Kier molecular flexibility index (Phi) is 3.02. The van der Waals surface area contributed by atoms with E-state index in [2.05, 4.69) is 4.98 Å². The first kappa shape index (κ1) is 10.8. The summed E-state index contributed by atoms with van der Waals surface area (Å²) >= 11 is 6.16. The van der Waals surface area contributed by atoms with Crippen molar-refractivity contribution in [3.63, 3.8) is 0 Å². The Hall–Kier alpha value is -1.67. The molecule has 16 heavy (non-hydrogen) atoms. The first-order valence-corrected chi connectivity index (χ1v) is 5.26. The van der Waals surface area contributed by atoms with E-state index in [1.165, 1.54) is 0 Å². The van der Waals surface area contributed by atoms with E-state index < -0.39 is 0 Å². The molecule has 3 heteroatoms. The van der Waals surface area contributed by atoms with E-state index in [0.29, 0.717) is 10.6 Å². The van der Waals surface area contributed by atoms with Crippen LogP contribution in [0.3, 0.4) is 0 Å². The summed E-state index contributed by atoms with van der Waals surface area (Å²) in [5.41, 5.74) is 3.41. The molecule has 0 spiro atoms. The molecular formula is C13H10ClNO. The Balaban J connectivity index is 2.65. The topological polar surface area (TPSA) is 30.0 Å². The van der Waals surface area contributed by atoms with E-state index in [1.807, 2.05) is 25.1 Å². The molecule has 1 aromatic carbocycles. The fourth-order valence-corrected chi connectivity index (χ4v) is 1.90. The number of rotatable bonds is 2. The number of hydrogen-bond donors (Lipinski definition) is 0. The summed E-state index contributed by atoms with van der Waals surface area (Å²) in [6.45, 7) is 1.96. The van der Waals surface area contributed by atoms with Crippen molar-refractivity contribution in [3.8, 4) is 11.1 Å². The molecule has 2 aromatic rings. The molecule has 0 saturated heterocycles. The van der Waals surface area contributed by atoms with Crippen LogP contribution in [0.1, 0.15) is 15.9 Å². The molecule has 0 aliphatic rings. The number of carbonyl (C=O) groups is 1. The van der Waals surface area contributed by atoms with Crippen molar-refractivity contribution in [2.75, 3.05) is 0 Å². The highest BCUT2D eigenvalue weighted by Gasteiger charge is 2.09. The molecule has 0 N–H and O–H groups in total. The van der Waals surface area contributed by atoms with Gasteiger partial charge in [-0.25, -0.2) is 0 Å². The number of nitrogens with zero attached hydrogens (tertiary/aromatic N) is 1. The Morgan fingerprint density at radius 3 is 2.75 bits per heavy atom. The Morgan fingerprint density at radius 2 is 2.06 bits per heavy atom. The minimum atomic E-state index is 0.492. The monoisotopic (exact) mass is 231 g/mol. The zero-order chi connectivity index (χ0) is 11.5. The number of aldehydes is 1. The average molecular weight is 232 g/mol. The summed E-state index contributed by atoms with van der Waals surface area (Å²) in [5, 5.41) is 0.492. The van der Waals surface area contributed by atoms with Crippen LogP contribution in [-0.4, -0.2) is 11.3 Å². The maximum atomic E-state index is 10.8. The van der Waals surface area contributed by atoms with Gasteiger partial charge >= 0.3 is 0 Å². The minimum absolute atomic E-state index is 0.492. The summed E-state index contributed by atoms with van der Waals surface area (Å²) < 4.78 is 0. The summed E-state index contributed by atoms with van der Waals surface area (Å²) in [4.78, 5) is 14.8. The number of halogens is 1. The van der Waals surface area contributed by atoms with Crippen LogP contribution in [-0.2, 0) is 0 Å². The number of aryl methyl sites for hydroxylation is 1. The molecule has 2 rings (SSSR count). The van der Waals surface area contributed by atoms with Gasteiger partial charge < -0.3 is 0 Å². The lowest BCUT2D eigenvalue weighted by molar-refractivity contribution is 0.112. The SMILES string of the molecule is Cc1cnccc1-c1cccc(C=O)c1Cl. The van der Waals surface area contributed by atoms with Crippen molar-refractivity contribution in [1.82, 2.24) is 4.98 Å². The fraction of sp³-hybridized carbons (Fsp3) is 0.0769. The van der Waals surface area contributed by atoms with Crippen LogP contribution in [0.25, 0.3) is 11.1 Å². The molecule has 0 unspecified atom stereocenters. The van der Waals surface area contributed by atoms with Gasteiger partial charge in [-0.15, -0.1) is 0 Å². The minimum Gasteiger partial charge on any atom is -0.298 e. The zero-order valence-electron chi connectivity index (χ0n) is 8.77. The summed E-state index contributed by atoms with van der Waals surface area (Å²) in [5.74, 6) is 0. The quantitative estimate of drug-likeness (QED) is 0.741. The second-order valence-electron chi connectivity index (χ2n) is 3.52. The maximum Gasteiger partial charge on any atom is 0.151 e. The predicted molar refractivity (Wildman–Crippen MR) is 64.8 cm³/mol. The first-order valence-electron chi connectivity index (χ1n) is 4.88. The van der Waals surface area contributed by atoms with Gasteiger partial charge in [-0.2, -0.15) is 0 Å². The lowest BCUT2D eigenvalue weighted by Gasteiger charge is -2.08. The molecule has 80 valence electrons. The lowest BCUT2D eigenvalue weighted by atomic mass is 10.0. The number of pyridine rings is 1. The Bertz CT molecular complexity index is 537. The lowest BCUT2D eigenvalue weighted by Crippen LogP contribution is -1.89. The second kappa shape index (κ2) is 4.45. The Morgan fingerprint density at radius 1 is 1.25 bits per heavy atom. The van der Waals surface area contributed by atoms with Crippen LogP contribution >= 0.6 is 11.6 Å². The molecule has 0 amide bonds. The Labute approximate surface area is 98.9 Å². The van der Waals surface area contributed by atoms with Gasteiger partial charge in [-0.3, -0.25) is 9.78 Å². The first-order chi connectivity index (χ1) is 7.74. The van der Waals surface area contributed by atoms with Gasteiger partial charge in [0.15, 0.2) is 6.29 Å². The number of aromatic nitrogens is 1. The molecule has 0 radical (unpaired) electrons. The molecular weight excluding hydrogens is 222 g/mol. The van der Waals surface area contributed by atoms with E-state index in [4.69, 9.17) is 11.6 Å². The molecule has 0 bridgehead atoms. The molecule has 1 heterocycles. The number of benzene rings is 1. The van der Waals surface area contributed by atoms with Crippen molar-refractivity contribution >= 4 is 17.9 Å². The molecule has 0 atom stereocenters. The molecule has 2 nitrogen and oxygen atoms in total. The van der Waals surface area contributed by atoms with Gasteiger partial charge in [0, 0.05) is 23.5 Å². The van der Waals surface area contributed by atoms with Crippen molar-refractivity contribution in [2.45, 2.75) is 6.92 Å². The average Bonchev–Trinajstić information content (AvgIpc) is 2.31. The molecule has 0 aliphatic heterocycles. The maximum absolute atomic E-state index is 10.8. The van der Waals surface area contributed by atoms with E-state index in [1.54, 1.807) is 18.5 Å². The van der Waals surface area contributed by atoms with Crippen molar-refractivity contribution in [3.05, 3.63) is 52.8 Å². The van der Waals surface area contributed by atoms with Gasteiger partial charge in [0.05, 0.1) is 5.02 Å². The van der Waals surface area contributed by atoms with Crippen LogP contribution in [0.2, 0.25) is 5.02 Å². The smallest absolute Gasteiger partial charge is 0.151 e. The van der Waals surface area contributed by atoms with Gasteiger partial charge in [0.25, 0.3) is 0 Å². The van der Waals surface area contributed by atoms with Crippen LogP contribution in [0.5, 0.6) is 0 Å². The highest BCUT2D eigenvalue weighted by molar-refractivity contribution is 6.35. The van der Waals surface area contributed by atoms with E-state index in [9.17, 15) is 4.79 Å². The molecule has 0 aliphatic carbocycles. The third kappa shape index (κ3) is 1.84. The number of hydrogen-bond acceptors (Lipinski definition) is 2. The molecule has 1 aromatic heterocycles. The van der Waals surface area contributed by atoms with E-state index >= 15 is 0 Å². The van der Waals surface area contributed by atoms with Gasteiger partial charge in [-0.1, -0.05) is 29.8 Å². The summed E-state index contributed by atoms with van der Waals surface area (Å²) in [6.07, 6.45) is 4.26. The third-order valence-electron chi connectivity index (χ3n) is 2.47. The van der Waals surface area contributed by atoms with Crippen molar-refractivity contribution in [1.29, 1.82) is 0 Å². The molecule has 0 fully saturated rings. The van der Waals surface area contributed by atoms with E-state index in [-0.39, 0.29) is 0 Å². The highest BCUT2D eigenvalue weighted by Crippen LogP contribution is 2.31. The van der Waals surface area contributed by atoms with E-state index in [0.717, 1.165) is 23.0 Å². The van der Waals surface area contributed by atoms with Crippen LogP contribution in [0.4, 0.5) is 0 Å². The van der Waals surface area contributed by atoms with Crippen LogP contribution in [0, 0.1) is 6.92 Å². The third-order valence-corrected chi connectivity index (χ3v) is 2.89.